The van der Waals surface area contributed by atoms with E-state index in [0.29, 0.717) is 6.54 Å². The number of rotatable bonds is 5. The number of hydrogen-bond donors (Lipinski definition) is 0. The van der Waals surface area contributed by atoms with Crippen molar-refractivity contribution >= 4 is 6.09 Å². The van der Waals surface area contributed by atoms with Crippen LogP contribution < -0.4 is 12.4 Å². The number of quaternary nitrogens is 1. The number of nitrogens with zero attached hydrogens (tertiary/aromatic N) is 2. The fraction of sp³-hybridized carbons (Fsp3) is 0.700. The summed E-state index contributed by atoms with van der Waals surface area (Å²) in [6.07, 6.45) is 1.77. The first-order valence-electron chi connectivity index (χ1n) is 4.70. The molecule has 0 atom stereocenters. The minimum atomic E-state index is -0.346. The van der Waals surface area contributed by atoms with E-state index in [1.54, 1.807) is 11.9 Å². The van der Waals surface area contributed by atoms with Crippen molar-refractivity contribution in [2.75, 3.05) is 41.3 Å². The Balaban J connectivity index is 0. The number of carbonyl (C=O) groups is 1. The van der Waals surface area contributed by atoms with Crippen LogP contribution in [0, 0.1) is 0 Å². The van der Waals surface area contributed by atoms with Gasteiger partial charge in [0, 0.05) is 20.0 Å². The van der Waals surface area contributed by atoms with E-state index in [2.05, 4.69) is 32.5 Å². The average molecular weight is 237 g/mol. The topological polar surface area (TPSA) is 29.5 Å². The van der Waals surface area contributed by atoms with Crippen LogP contribution >= 0.6 is 0 Å². The van der Waals surface area contributed by atoms with Gasteiger partial charge in [0.15, 0.2) is 0 Å². The van der Waals surface area contributed by atoms with E-state index in [0.717, 1.165) is 23.7 Å². The highest BCUT2D eigenvalue weighted by molar-refractivity contribution is 5.67. The van der Waals surface area contributed by atoms with Crippen LogP contribution in [0.5, 0.6) is 0 Å². The molecule has 0 aliphatic rings. The Kier molecular flexibility index (Phi) is 8.38. The molecule has 5 heteroatoms. The molecule has 0 radical (unpaired) electrons. The van der Waals surface area contributed by atoms with Gasteiger partial charge in [-0.15, -0.1) is 0 Å². The molecule has 90 valence electrons. The fourth-order valence-corrected chi connectivity index (χ4v) is 1.03. The molecule has 0 spiro atoms. The zero-order valence-electron chi connectivity index (χ0n) is 9.99. The maximum Gasteiger partial charge on any atom is 0.414 e. The summed E-state index contributed by atoms with van der Waals surface area (Å²) < 4.78 is 5.54. The normalized spacial score (nSPS) is 10.1. The Morgan fingerprint density at radius 1 is 1.47 bits per heavy atom. The van der Waals surface area contributed by atoms with Crippen molar-refractivity contribution in [3.05, 3.63) is 12.8 Å². The Hall–Kier alpha value is -0.740. The first kappa shape index (κ1) is 16.7. The summed E-state index contributed by atoms with van der Waals surface area (Å²) in [6, 6.07) is 0. The summed E-state index contributed by atoms with van der Waals surface area (Å²) in [5.74, 6) is 0. The molecule has 4 nitrogen and oxygen atoms in total. The van der Waals surface area contributed by atoms with Crippen molar-refractivity contribution in [3.63, 3.8) is 0 Å². The number of amides is 1. The molecule has 0 aromatic rings. The second kappa shape index (κ2) is 7.54. The highest BCUT2D eigenvalue weighted by Crippen LogP contribution is 1.97. The molecule has 0 aromatic heterocycles. The fourth-order valence-electron chi connectivity index (χ4n) is 1.03. The molecule has 0 saturated heterocycles. The van der Waals surface area contributed by atoms with Gasteiger partial charge in [-0.2, -0.15) is 0 Å². The van der Waals surface area contributed by atoms with Gasteiger partial charge in [-0.25, -0.2) is 4.79 Å². The summed E-state index contributed by atoms with van der Waals surface area (Å²) in [5.41, 5.74) is 0. The molecular formula is C10H21ClN2O2. The van der Waals surface area contributed by atoms with Crippen LogP contribution in [0.25, 0.3) is 0 Å². The lowest BCUT2D eigenvalue weighted by molar-refractivity contribution is -0.870. The van der Waals surface area contributed by atoms with Crippen molar-refractivity contribution < 1.29 is 26.4 Å². The molecule has 0 unspecified atom stereocenters. The van der Waals surface area contributed by atoms with Crippen molar-refractivity contribution in [1.82, 2.24) is 4.90 Å². The lowest BCUT2D eigenvalue weighted by Gasteiger charge is -2.25. The van der Waals surface area contributed by atoms with Gasteiger partial charge in [-0.1, -0.05) is 6.58 Å². The number of halogens is 1. The van der Waals surface area contributed by atoms with E-state index in [-0.39, 0.29) is 18.5 Å². The third kappa shape index (κ3) is 9.56. The molecule has 0 aliphatic heterocycles. The summed E-state index contributed by atoms with van der Waals surface area (Å²) >= 11 is 0. The highest BCUT2D eigenvalue weighted by Gasteiger charge is 2.11. The molecule has 0 bridgehead atoms. The van der Waals surface area contributed by atoms with Crippen LogP contribution in [0.15, 0.2) is 12.8 Å². The molecule has 0 heterocycles. The van der Waals surface area contributed by atoms with Crippen LogP contribution in [0.2, 0.25) is 0 Å². The van der Waals surface area contributed by atoms with Crippen molar-refractivity contribution in [2.45, 2.75) is 6.42 Å². The van der Waals surface area contributed by atoms with E-state index < -0.39 is 0 Å². The highest BCUT2D eigenvalue weighted by atomic mass is 35.5. The Morgan fingerprint density at radius 3 is 2.40 bits per heavy atom. The first-order valence-corrected chi connectivity index (χ1v) is 4.70. The third-order valence-corrected chi connectivity index (χ3v) is 1.82. The summed E-state index contributed by atoms with van der Waals surface area (Å²) in [5, 5.41) is 0. The Labute approximate surface area is 98.5 Å². The smallest absolute Gasteiger partial charge is 0.414 e. The molecule has 0 saturated carbocycles. The molecule has 1 amide bonds. The SMILES string of the molecule is C=COC(=O)N(C)CCC[N+](C)(C)C.[Cl-]. The van der Waals surface area contributed by atoms with E-state index >= 15 is 0 Å². The van der Waals surface area contributed by atoms with Crippen LogP contribution in [0.1, 0.15) is 6.42 Å². The van der Waals surface area contributed by atoms with Gasteiger partial charge >= 0.3 is 6.09 Å². The summed E-state index contributed by atoms with van der Waals surface area (Å²) in [7, 11) is 8.10. The predicted molar refractivity (Wildman–Crippen MR) is 56.8 cm³/mol. The molecule has 0 N–H and O–H groups in total. The van der Waals surface area contributed by atoms with Gasteiger partial charge in [-0.05, 0) is 0 Å². The zero-order valence-corrected chi connectivity index (χ0v) is 10.8. The average Bonchev–Trinajstić information content (AvgIpc) is 2.02. The molecular weight excluding hydrogens is 216 g/mol. The quantitative estimate of drug-likeness (QED) is 0.421. The molecule has 15 heavy (non-hydrogen) atoms. The number of ether oxygens (including phenoxy) is 1. The van der Waals surface area contributed by atoms with Gasteiger partial charge in [-0.3, -0.25) is 0 Å². The van der Waals surface area contributed by atoms with Crippen LogP contribution in [-0.2, 0) is 4.74 Å². The monoisotopic (exact) mass is 236 g/mol. The van der Waals surface area contributed by atoms with Crippen LogP contribution in [0.3, 0.4) is 0 Å². The number of carbonyl (C=O) groups excluding carboxylic acids is 1. The van der Waals surface area contributed by atoms with Crippen LogP contribution in [-0.4, -0.2) is 56.8 Å². The van der Waals surface area contributed by atoms with Crippen molar-refractivity contribution in [3.8, 4) is 0 Å². The van der Waals surface area contributed by atoms with Gasteiger partial charge < -0.3 is 26.5 Å². The zero-order chi connectivity index (χ0) is 11.2. The standard InChI is InChI=1S/C10H21N2O2.ClH/c1-6-14-10(13)11(2)8-7-9-12(3,4)5;/h6H,1,7-9H2,2-5H3;1H/q+1;/p-1. The molecule has 0 aliphatic carbocycles. The molecule has 0 aromatic carbocycles. The predicted octanol–water partition coefficient (Wildman–Crippen LogP) is -1.70. The van der Waals surface area contributed by atoms with Gasteiger partial charge in [0.1, 0.15) is 0 Å². The summed E-state index contributed by atoms with van der Waals surface area (Å²) in [4.78, 5) is 12.7. The third-order valence-electron chi connectivity index (χ3n) is 1.82. The van der Waals surface area contributed by atoms with E-state index in [1.807, 2.05) is 0 Å². The summed E-state index contributed by atoms with van der Waals surface area (Å²) in [6.45, 7) is 5.07. The lowest BCUT2D eigenvalue weighted by atomic mass is 10.3. The Bertz CT molecular complexity index is 202. The maximum absolute atomic E-state index is 11.1. The molecule has 0 fully saturated rings. The number of hydrogen-bond acceptors (Lipinski definition) is 2. The molecule has 0 rings (SSSR count). The van der Waals surface area contributed by atoms with E-state index in [1.165, 1.54) is 0 Å². The van der Waals surface area contributed by atoms with E-state index in [4.69, 9.17) is 0 Å². The maximum atomic E-state index is 11.1. The first-order chi connectivity index (χ1) is 6.37. The second-order valence-electron chi connectivity index (χ2n) is 4.34. The van der Waals surface area contributed by atoms with Gasteiger partial charge in [0.25, 0.3) is 0 Å². The van der Waals surface area contributed by atoms with Crippen LogP contribution in [0.4, 0.5) is 4.79 Å². The minimum Gasteiger partial charge on any atom is -1.00 e. The van der Waals surface area contributed by atoms with Crippen molar-refractivity contribution in [1.29, 1.82) is 0 Å². The van der Waals surface area contributed by atoms with Gasteiger partial charge in [0.05, 0.1) is 33.9 Å². The Morgan fingerprint density at radius 2 is 2.00 bits per heavy atom. The second-order valence-corrected chi connectivity index (χ2v) is 4.34. The largest absolute Gasteiger partial charge is 1.00 e. The van der Waals surface area contributed by atoms with Crippen molar-refractivity contribution in [2.24, 2.45) is 0 Å². The minimum absolute atomic E-state index is 0. The van der Waals surface area contributed by atoms with Gasteiger partial charge in [0.2, 0.25) is 0 Å². The van der Waals surface area contributed by atoms with E-state index in [9.17, 15) is 4.79 Å². The lowest BCUT2D eigenvalue weighted by Crippen LogP contribution is -3.00.